The Morgan fingerprint density at radius 2 is 1.37 bits per heavy atom. The average molecular weight is 252 g/mol. The summed E-state index contributed by atoms with van der Waals surface area (Å²) in [4.78, 5) is 0. The largest absolute Gasteiger partial charge is 0.0619 e. The van der Waals surface area contributed by atoms with E-state index >= 15 is 0 Å². The zero-order valence-electron chi connectivity index (χ0n) is 12.7. The van der Waals surface area contributed by atoms with E-state index in [0.717, 1.165) is 0 Å². The molecule has 0 radical (unpaired) electrons. The Hall–Kier alpha value is -1.56. The first-order chi connectivity index (χ1) is 8.89. The molecule has 0 spiro atoms. The SMILES string of the molecule is CC(C)c1ccccc1-c1ccc(C(C)(C)C)cc1. The minimum absolute atomic E-state index is 0.218. The molecule has 0 heterocycles. The molecule has 0 N–H and O–H groups in total. The van der Waals surface area contributed by atoms with Crippen molar-refractivity contribution in [2.24, 2.45) is 0 Å². The van der Waals surface area contributed by atoms with Gasteiger partial charge in [0.05, 0.1) is 0 Å². The maximum Gasteiger partial charge on any atom is -0.0132 e. The van der Waals surface area contributed by atoms with Gasteiger partial charge in [0.15, 0.2) is 0 Å². The van der Waals surface area contributed by atoms with Gasteiger partial charge in [-0.3, -0.25) is 0 Å². The minimum atomic E-state index is 0.218. The van der Waals surface area contributed by atoms with Crippen LogP contribution in [0.1, 0.15) is 51.7 Å². The summed E-state index contributed by atoms with van der Waals surface area (Å²) in [7, 11) is 0. The van der Waals surface area contributed by atoms with Crippen molar-refractivity contribution in [3.05, 3.63) is 59.7 Å². The van der Waals surface area contributed by atoms with Crippen molar-refractivity contribution in [2.45, 2.75) is 46.0 Å². The standard InChI is InChI=1S/C19H24/c1-14(2)17-8-6-7-9-18(17)15-10-12-16(13-11-15)19(3,4)5/h6-14H,1-5H3. The summed E-state index contributed by atoms with van der Waals surface area (Å²) in [6, 6.07) is 17.7. The van der Waals surface area contributed by atoms with Crippen LogP contribution in [0.15, 0.2) is 48.5 Å². The Kier molecular flexibility index (Phi) is 3.80. The Balaban J connectivity index is 2.43. The molecule has 0 saturated heterocycles. The second kappa shape index (κ2) is 5.21. The molecular weight excluding hydrogens is 228 g/mol. The van der Waals surface area contributed by atoms with Crippen molar-refractivity contribution in [1.29, 1.82) is 0 Å². The lowest BCUT2D eigenvalue weighted by atomic mass is 9.85. The fourth-order valence-electron chi connectivity index (χ4n) is 2.41. The van der Waals surface area contributed by atoms with E-state index in [-0.39, 0.29) is 5.41 Å². The summed E-state index contributed by atoms with van der Waals surface area (Å²) in [6.45, 7) is 11.3. The summed E-state index contributed by atoms with van der Waals surface area (Å²) < 4.78 is 0. The van der Waals surface area contributed by atoms with Crippen molar-refractivity contribution in [2.75, 3.05) is 0 Å². The summed E-state index contributed by atoms with van der Waals surface area (Å²) in [5.74, 6) is 0.554. The smallest absolute Gasteiger partial charge is 0.0132 e. The van der Waals surface area contributed by atoms with Gasteiger partial charge in [-0.2, -0.15) is 0 Å². The van der Waals surface area contributed by atoms with E-state index in [9.17, 15) is 0 Å². The molecule has 0 heteroatoms. The van der Waals surface area contributed by atoms with Crippen LogP contribution in [0.5, 0.6) is 0 Å². The summed E-state index contributed by atoms with van der Waals surface area (Å²) in [6.07, 6.45) is 0. The molecule has 0 unspecified atom stereocenters. The lowest BCUT2D eigenvalue weighted by Gasteiger charge is -2.20. The molecule has 0 aliphatic rings. The van der Waals surface area contributed by atoms with E-state index in [1.807, 2.05) is 0 Å². The van der Waals surface area contributed by atoms with Crippen LogP contribution >= 0.6 is 0 Å². The van der Waals surface area contributed by atoms with Gasteiger partial charge in [-0.15, -0.1) is 0 Å². The molecule has 0 aliphatic heterocycles. The van der Waals surface area contributed by atoms with Crippen LogP contribution in [0.2, 0.25) is 0 Å². The number of rotatable bonds is 2. The van der Waals surface area contributed by atoms with Gasteiger partial charge in [0, 0.05) is 0 Å². The summed E-state index contributed by atoms with van der Waals surface area (Å²) >= 11 is 0. The number of benzene rings is 2. The van der Waals surface area contributed by atoms with Crippen molar-refractivity contribution in [3.63, 3.8) is 0 Å². The van der Waals surface area contributed by atoms with Gasteiger partial charge in [0.1, 0.15) is 0 Å². The molecule has 0 amide bonds. The normalized spacial score (nSPS) is 11.9. The van der Waals surface area contributed by atoms with Gasteiger partial charge in [0.2, 0.25) is 0 Å². The van der Waals surface area contributed by atoms with Crippen molar-refractivity contribution < 1.29 is 0 Å². The lowest BCUT2D eigenvalue weighted by molar-refractivity contribution is 0.590. The highest BCUT2D eigenvalue weighted by atomic mass is 14.2. The molecule has 0 nitrogen and oxygen atoms in total. The van der Waals surface area contributed by atoms with Crippen LogP contribution < -0.4 is 0 Å². The lowest BCUT2D eigenvalue weighted by Crippen LogP contribution is -2.10. The molecule has 19 heavy (non-hydrogen) atoms. The van der Waals surface area contributed by atoms with E-state index in [1.165, 1.54) is 22.3 Å². The monoisotopic (exact) mass is 252 g/mol. The van der Waals surface area contributed by atoms with Crippen LogP contribution in [0.3, 0.4) is 0 Å². The fraction of sp³-hybridized carbons (Fsp3) is 0.368. The highest BCUT2D eigenvalue weighted by Crippen LogP contribution is 2.31. The number of hydrogen-bond acceptors (Lipinski definition) is 0. The van der Waals surface area contributed by atoms with Crippen molar-refractivity contribution in [3.8, 4) is 11.1 Å². The molecule has 2 rings (SSSR count). The predicted octanol–water partition coefficient (Wildman–Crippen LogP) is 5.77. The zero-order valence-corrected chi connectivity index (χ0v) is 12.7. The summed E-state index contributed by atoms with van der Waals surface area (Å²) in [5, 5.41) is 0. The minimum Gasteiger partial charge on any atom is -0.0619 e. The van der Waals surface area contributed by atoms with Gasteiger partial charge in [-0.1, -0.05) is 83.1 Å². The first kappa shape index (κ1) is 13.9. The van der Waals surface area contributed by atoms with E-state index in [1.54, 1.807) is 0 Å². The predicted molar refractivity (Wildman–Crippen MR) is 84.7 cm³/mol. The second-order valence-corrected chi connectivity index (χ2v) is 6.57. The van der Waals surface area contributed by atoms with Crippen molar-refractivity contribution >= 4 is 0 Å². The quantitative estimate of drug-likeness (QED) is 0.636. The Labute approximate surface area is 117 Å². The average Bonchev–Trinajstić information content (AvgIpc) is 2.38. The van der Waals surface area contributed by atoms with Crippen LogP contribution in [-0.4, -0.2) is 0 Å². The topological polar surface area (TPSA) is 0 Å². The van der Waals surface area contributed by atoms with E-state index in [0.29, 0.717) is 5.92 Å². The molecule has 0 saturated carbocycles. The molecule has 0 aliphatic carbocycles. The molecular formula is C19H24. The van der Waals surface area contributed by atoms with Crippen LogP contribution in [0.4, 0.5) is 0 Å². The van der Waals surface area contributed by atoms with Gasteiger partial charge in [0.25, 0.3) is 0 Å². The van der Waals surface area contributed by atoms with E-state index in [2.05, 4.69) is 83.1 Å². The second-order valence-electron chi connectivity index (χ2n) is 6.57. The molecule has 0 atom stereocenters. The molecule has 0 fully saturated rings. The van der Waals surface area contributed by atoms with Gasteiger partial charge >= 0.3 is 0 Å². The molecule has 2 aromatic carbocycles. The third kappa shape index (κ3) is 3.07. The first-order valence-electron chi connectivity index (χ1n) is 7.09. The van der Waals surface area contributed by atoms with Crippen molar-refractivity contribution in [1.82, 2.24) is 0 Å². The highest BCUT2D eigenvalue weighted by Gasteiger charge is 2.14. The highest BCUT2D eigenvalue weighted by molar-refractivity contribution is 5.68. The van der Waals surface area contributed by atoms with Gasteiger partial charge in [-0.25, -0.2) is 0 Å². The Morgan fingerprint density at radius 3 is 1.89 bits per heavy atom. The van der Waals surface area contributed by atoms with E-state index in [4.69, 9.17) is 0 Å². The summed E-state index contributed by atoms with van der Waals surface area (Å²) in [5.41, 5.74) is 5.70. The third-order valence-electron chi connectivity index (χ3n) is 3.64. The fourth-order valence-corrected chi connectivity index (χ4v) is 2.41. The van der Waals surface area contributed by atoms with Gasteiger partial charge < -0.3 is 0 Å². The van der Waals surface area contributed by atoms with Crippen LogP contribution in [0, 0.1) is 0 Å². The maximum atomic E-state index is 2.26. The van der Waals surface area contributed by atoms with E-state index < -0.39 is 0 Å². The van der Waals surface area contributed by atoms with Crippen LogP contribution in [0.25, 0.3) is 11.1 Å². The number of hydrogen-bond donors (Lipinski definition) is 0. The first-order valence-corrected chi connectivity index (χ1v) is 7.09. The Bertz CT molecular complexity index is 539. The maximum absolute atomic E-state index is 2.26. The molecule has 2 aromatic rings. The third-order valence-corrected chi connectivity index (χ3v) is 3.64. The zero-order chi connectivity index (χ0) is 14.0. The molecule has 0 aromatic heterocycles. The molecule has 0 bridgehead atoms. The Morgan fingerprint density at radius 1 is 0.789 bits per heavy atom. The van der Waals surface area contributed by atoms with Gasteiger partial charge in [-0.05, 0) is 33.6 Å². The van der Waals surface area contributed by atoms with Crippen LogP contribution in [-0.2, 0) is 5.41 Å². The molecule has 100 valence electrons.